The second kappa shape index (κ2) is 4.76. The van der Waals surface area contributed by atoms with Crippen LogP contribution in [0.5, 0.6) is 0 Å². The zero-order valence-corrected chi connectivity index (χ0v) is 10.9. The third kappa shape index (κ3) is 2.42. The molecule has 1 aromatic carbocycles. The van der Waals surface area contributed by atoms with E-state index in [0.717, 1.165) is 15.7 Å². The Labute approximate surface area is 108 Å². The highest BCUT2D eigenvalue weighted by atomic mass is 79.9. The summed E-state index contributed by atoms with van der Waals surface area (Å²) in [6.07, 6.45) is -0.542. The average molecular weight is 295 g/mol. The van der Waals surface area contributed by atoms with Gasteiger partial charge in [0.05, 0.1) is 0 Å². The maximum absolute atomic E-state index is 11.7. The van der Waals surface area contributed by atoms with Crippen LogP contribution in [0.1, 0.15) is 12.0 Å². The zero-order chi connectivity index (χ0) is 12.4. The van der Waals surface area contributed by atoms with Crippen molar-refractivity contribution in [2.45, 2.75) is 19.4 Å². The molecule has 1 heterocycles. The summed E-state index contributed by atoms with van der Waals surface area (Å²) in [6.45, 7) is 2.49. The number of benzene rings is 1. The molecule has 1 aromatic rings. The van der Waals surface area contributed by atoms with E-state index in [9.17, 15) is 4.79 Å². The van der Waals surface area contributed by atoms with Gasteiger partial charge in [0.1, 0.15) is 6.07 Å². The molecule has 1 saturated heterocycles. The van der Waals surface area contributed by atoms with Gasteiger partial charge in [0.2, 0.25) is 0 Å². The van der Waals surface area contributed by atoms with Gasteiger partial charge in [-0.3, -0.25) is 4.90 Å². The van der Waals surface area contributed by atoms with Crippen molar-refractivity contribution in [3.8, 4) is 6.07 Å². The number of amides is 1. The van der Waals surface area contributed by atoms with Crippen molar-refractivity contribution in [3.63, 3.8) is 0 Å². The monoisotopic (exact) mass is 294 g/mol. The Morgan fingerprint density at radius 2 is 2.35 bits per heavy atom. The van der Waals surface area contributed by atoms with Gasteiger partial charge in [-0.2, -0.15) is 5.26 Å². The molecule has 2 rings (SSSR count). The second-order valence-electron chi connectivity index (χ2n) is 3.88. The maximum atomic E-state index is 11.7. The minimum Gasteiger partial charge on any atom is -0.430 e. The first-order chi connectivity index (χ1) is 8.11. The van der Waals surface area contributed by atoms with Crippen molar-refractivity contribution < 1.29 is 9.53 Å². The lowest BCUT2D eigenvalue weighted by Gasteiger charge is -2.29. The molecule has 1 aliphatic rings. The fourth-order valence-electron chi connectivity index (χ4n) is 1.66. The van der Waals surface area contributed by atoms with Gasteiger partial charge >= 0.3 is 6.09 Å². The van der Waals surface area contributed by atoms with E-state index < -0.39 is 12.2 Å². The fraction of sp³-hybridized carbons (Fsp3) is 0.333. The van der Waals surface area contributed by atoms with Gasteiger partial charge in [0, 0.05) is 23.1 Å². The Kier molecular flexibility index (Phi) is 3.34. The van der Waals surface area contributed by atoms with Crippen LogP contribution in [0.15, 0.2) is 22.7 Å². The summed E-state index contributed by atoms with van der Waals surface area (Å²) in [7, 11) is 0. The number of halogens is 1. The number of rotatable bonds is 1. The Bertz CT molecular complexity index is 496. The third-order valence-electron chi connectivity index (χ3n) is 2.69. The predicted octanol–water partition coefficient (Wildman–Crippen LogP) is 3.00. The van der Waals surface area contributed by atoms with Crippen molar-refractivity contribution in [3.05, 3.63) is 28.2 Å². The lowest BCUT2D eigenvalue weighted by atomic mass is 10.2. The first-order valence-corrected chi connectivity index (χ1v) is 6.05. The molecule has 1 unspecified atom stereocenters. The molecular weight excluding hydrogens is 284 g/mol. The number of aryl methyl sites for hydroxylation is 1. The van der Waals surface area contributed by atoms with Crippen molar-refractivity contribution in [2.75, 3.05) is 11.4 Å². The largest absolute Gasteiger partial charge is 0.430 e. The first kappa shape index (κ1) is 11.9. The highest BCUT2D eigenvalue weighted by molar-refractivity contribution is 9.10. The molecule has 1 atom stereocenters. The number of hydrogen-bond donors (Lipinski definition) is 0. The quantitative estimate of drug-likeness (QED) is 0.800. The standard InChI is InChI=1S/C12H11BrN2O2/c1-8-2-3-9(6-11(8)13)15-5-4-10(7-14)17-12(15)16/h2-3,6,10H,4-5H2,1H3. The molecule has 4 nitrogen and oxygen atoms in total. The van der Waals surface area contributed by atoms with E-state index in [-0.39, 0.29) is 0 Å². The van der Waals surface area contributed by atoms with Crippen LogP contribution in [0.25, 0.3) is 0 Å². The molecule has 0 radical (unpaired) electrons. The van der Waals surface area contributed by atoms with Crippen LogP contribution in [0.4, 0.5) is 10.5 Å². The predicted molar refractivity (Wildman–Crippen MR) is 66.7 cm³/mol. The third-order valence-corrected chi connectivity index (χ3v) is 3.54. The summed E-state index contributed by atoms with van der Waals surface area (Å²) in [5.74, 6) is 0. The Morgan fingerprint density at radius 3 is 2.94 bits per heavy atom. The summed E-state index contributed by atoms with van der Waals surface area (Å²) >= 11 is 3.43. The molecule has 1 aliphatic heterocycles. The number of hydrogen-bond acceptors (Lipinski definition) is 3. The fourth-order valence-corrected chi connectivity index (χ4v) is 2.02. The van der Waals surface area contributed by atoms with Crippen LogP contribution in [-0.4, -0.2) is 18.7 Å². The van der Waals surface area contributed by atoms with Gasteiger partial charge in [-0.1, -0.05) is 22.0 Å². The van der Waals surface area contributed by atoms with Gasteiger partial charge in [0.15, 0.2) is 6.10 Å². The molecule has 1 amide bonds. The lowest BCUT2D eigenvalue weighted by Crippen LogP contribution is -2.41. The average Bonchev–Trinajstić information content (AvgIpc) is 2.32. The maximum Gasteiger partial charge on any atom is 0.415 e. The van der Waals surface area contributed by atoms with Gasteiger partial charge in [-0.25, -0.2) is 4.79 Å². The van der Waals surface area contributed by atoms with E-state index in [0.29, 0.717) is 13.0 Å². The lowest BCUT2D eigenvalue weighted by molar-refractivity contribution is 0.111. The highest BCUT2D eigenvalue weighted by Gasteiger charge is 2.28. The second-order valence-corrected chi connectivity index (χ2v) is 4.73. The van der Waals surface area contributed by atoms with Crippen LogP contribution in [0, 0.1) is 18.3 Å². The van der Waals surface area contributed by atoms with Crippen LogP contribution >= 0.6 is 15.9 Å². The SMILES string of the molecule is Cc1ccc(N2CCC(C#N)OC2=O)cc1Br. The first-order valence-electron chi connectivity index (χ1n) is 5.25. The minimum atomic E-state index is -0.618. The van der Waals surface area contributed by atoms with Gasteiger partial charge in [-0.05, 0) is 24.6 Å². The summed E-state index contributed by atoms with van der Waals surface area (Å²) in [4.78, 5) is 13.2. The summed E-state index contributed by atoms with van der Waals surface area (Å²) in [5, 5.41) is 8.69. The molecule has 0 spiro atoms. The number of ether oxygens (including phenoxy) is 1. The summed E-state index contributed by atoms with van der Waals surface area (Å²) < 4.78 is 5.93. The number of carbonyl (C=O) groups is 1. The normalized spacial score (nSPS) is 19.7. The summed E-state index contributed by atoms with van der Waals surface area (Å²) in [6, 6.07) is 7.63. The molecule has 0 aliphatic carbocycles. The Balaban J connectivity index is 2.21. The smallest absolute Gasteiger partial charge is 0.415 e. The van der Waals surface area contributed by atoms with Crippen LogP contribution in [-0.2, 0) is 4.74 Å². The molecule has 0 aromatic heterocycles. The van der Waals surface area contributed by atoms with Gasteiger partial charge in [-0.15, -0.1) is 0 Å². The van der Waals surface area contributed by atoms with Crippen molar-refractivity contribution in [1.82, 2.24) is 0 Å². The molecular formula is C12H11BrN2O2. The molecule has 5 heteroatoms. The molecule has 0 N–H and O–H groups in total. The van der Waals surface area contributed by atoms with Gasteiger partial charge in [0.25, 0.3) is 0 Å². The number of carbonyl (C=O) groups excluding carboxylic acids is 1. The van der Waals surface area contributed by atoms with E-state index in [4.69, 9.17) is 10.00 Å². The molecule has 0 bridgehead atoms. The van der Waals surface area contributed by atoms with E-state index in [2.05, 4.69) is 15.9 Å². The van der Waals surface area contributed by atoms with Crippen LogP contribution < -0.4 is 4.90 Å². The Morgan fingerprint density at radius 1 is 1.59 bits per heavy atom. The van der Waals surface area contributed by atoms with E-state index in [1.54, 1.807) is 0 Å². The topological polar surface area (TPSA) is 53.3 Å². The van der Waals surface area contributed by atoms with E-state index >= 15 is 0 Å². The minimum absolute atomic E-state index is 0.460. The number of nitrogens with zero attached hydrogens (tertiary/aromatic N) is 2. The number of cyclic esters (lactones) is 1. The van der Waals surface area contributed by atoms with Crippen LogP contribution in [0.3, 0.4) is 0 Å². The molecule has 88 valence electrons. The van der Waals surface area contributed by atoms with Gasteiger partial charge < -0.3 is 4.74 Å². The number of nitriles is 1. The molecule has 0 saturated carbocycles. The molecule has 17 heavy (non-hydrogen) atoms. The van der Waals surface area contributed by atoms with E-state index in [1.165, 1.54) is 4.90 Å². The summed E-state index contributed by atoms with van der Waals surface area (Å²) in [5.41, 5.74) is 1.89. The Hall–Kier alpha value is -1.54. The van der Waals surface area contributed by atoms with Crippen molar-refractivity contribution >= 4 is 27.7 Å². The van der Waals surface area contributed by atoms with Crippen molar-refractivity contribution in [2.24, 2.45) is 0 Å². The number of anilines is 1. The van der Waals surface area contributed by atoms with Crippen molar-refractivity contribution in [1.29, 1.82) is 5.26 Å². The van der Waals surface area contributed by atoms with Crippen LogP contribution in [0.2, 0.25) is 0 Å². The molecule has 1 fully saturated rings. The zero-order valence-electron chi connectivity index (χ0n) is 9.31. The van der Waals surface area contributed by atoms with E-state index in [1.807, 2.05) is 31.2 Å². The highest BCUT2D eigenvalue weighted by Crippen LogP contribution is 2.26.